The van der Waals surface area contributed by atoms with Crippen molar-refractivity contribution in [3.63, 3.8) is 0 Å². The normalized spacial score (nSPS) is 26.8. The van der Waals surface area contributed by atoms with Crippen LogP contribution in [0, 0.1) is 15.5 Å². The molecule has 6 atom stereocenters. The van der Waals surface area contributed by atoms with Gasteiger partial charge in [-0.15, -0.1) is 0 Å². The number of ether oxygens (including phenoxy) is 4. The molecule has 1 saturated carbocycles. The molecule has 6 fully saturated rings. The van der Waals surface area contributed by atoms with Gasteiger partial charge in [-0.1, -0.05) is 38.1 Å². The SMILES string of the molecule is CC(C)c1ccccc1[C@@H]1CCCN1C1CC2(C1)CN(c1ccc(C(=O)NS(=O)(=O)c3cc4c(c([N+](=O)[O-])c3)N[C@@H](CN3C[C@H]5C[C@@H]3CO5)CO4)c(N3c4cc5cc[nH]c5nc4O[C@@H]4COC[C@H]43)c1)C2. The van der Waals surface area contributed by atoms with Crippen LogP contribution in [0.3, 0.4) is 0 Å². The van der Waals surface area contributed by atoms with Gasteiger partial charge in [0.15, 0.2) is 11.4 Å². The Kier molecular flexibility index (Phi) is 10.4. The monoisotopic (exact) mass is 971 g/mol. The minimum absolute atomic E-state index is 0.0252. The molecule has 19 heteroatoms. The summed E-state index contributed by atoms with van der Waals surface area (Å²) in [5.41, 5.74) is 5.48. The molecule has 3 N–H and O–H groups in total. The van der Waals surface area contributed by atoms with E-state index < -0.39 is 37.5 Å². The third-order valence-electron chi connectivity index (χ3n) is 16.4. The van der Waals surface area contributed by atoms with Gasteiger partial charge in [-0.05, 0) is 86.0 Å². The number of aromatic nitrogens is 2. The lowest BCUT2D eigenvalue weighted by molar-refractivity contribution is -0.384. The maximum absolute atomic E-state index is 14.7. The highest BCUT2D eigenvalue weighted by Gasteiger charge is 2.55. The van der Waals surface area contributed by atoms with Crippen molar-refractivity contribution < 1.29 is 37.1 Å². The number of morpholine rings is 1. The van der Waals surface area contributed by atoms with Crippen LogP contribution in [0.15, 0.2) is 77.8 Å². The van der Waals surface area contributed by atoms with Gasteiger partial charge in [0, 0.05) is 79.1 Å². The third-order valence-corrected chi connectivity index (χ3v) is 17.7. The summed E-state index contributed by atoms with van der Waals surface area (Å²) in [4.78, 5) is 43.5. The minimum Gasteiger partial charge on any atom is -0.489 e. The van der Waals surface area contributed by atoms with Crippen molar-refractivity contribution in [1.82, 2.24) is 24.5 Å². The summed E-state index contributed by atoms with van der Waals surface area (Å²) in [5.74, 6) is -0.0367. The molecule has 7 aliphatic heterocycles. The van der Waals surface area contributed by atoms with Gasteiger partial charge in [-0.3, -0.25) is 24.7 Å². The first-order chi connectivity index (χ1) is 33.9. The number of pyridine rings is 1. The molecule has 9 heterocycles. The number of nitrogens with one attached hydrogen (secondary N) is 3. The molecule has 2 aromatic heterocycles. The number of likely N-dealkylation sites (tertiary alicyclic amines) is 2. The van der Waals surface area contributed by atoms with Crippen molar-refractivity contribution >= 4 is 55.4 Å². The highest BCUT2D eigenvalue weighted by molar-refractivity contribution is 7.90. The van der Waals surface area contributed by atoms with Crippen molar-refractivity contribution in [2.45, 2.75) is 99.2 Å². The highest BCUT2D eigenvalue weighted by atomic mass is 32.2. The largest absolute Gasteiger partial charge is 0.489 e. The van der Waals surface area contributed by atoms with E-state index in [0.717, 1.165) is 62.6 Å². The second-order valence-electron chi connectivity index (χ2n) is 21.1. The van der Waals surface area contributed by atoms with E-state index in [0.29, 0.717) is 73.3 Å². The maximum atomic E-state index is 14.7. The molecule has 0 radical (unpaired) electrons. The second-order valence-corrected chi connectivity index (χ2v) is 22.8. The van der Waals surface area contributed by atoms with E-state index in [1.165, 1.54) is 30.0 Å². The molecule has 1 amide bonds. The standard InChI is InChI=1S/C51H57N9O9S/c1-29(2)37-6-3-4-7-38(37)40-8-5-13-58(40)34-19-51(20-34)27-57(28-51)32-9-10-39(41(16-32)59-43-14-30-11-12-52-48(30)54-50(43)69-46-26-66-25-44(46)59)49(61)55-70(64,65)36-17-42(60(62)63)47-45(18-36)68-23-31(53-47)21-56-22-35-15-33(56)24-67-35/h3-4,6-7,9-12,14,16-18,29,31,33-35,40,44,46,53H,5,8,13,15,19-28H2,1-2H3,(H,52,54)(H,55,61)/t31-,33+,35+,40-,44+,46+/m0/s1. The Balaban J connectivity index is 0.787. The number of nitro groups is 1. The Bertz CT molecular complexity index is 3040. The summed E-state index contributed by atoms with van der Waals surface area (Å²) in [7, 11) is -4.69. The van der Waals surface area contributed by atoms with Crippen LogP contribution in [0.1, 0.15) is 79.4 Å². The maximum Gasteiger partial charge on any atom is 0.297 e. The van der Waals surface area contributed by atoms with Crippen LogP contribution in [-0.4, -0.2) is 135 Å². The number of rotatable bonds is 11. The fourth-order valence-corrected chi connectivity index (χ4v) is 14.0. The number of carbonyl (C=O) groups is 1. The topological polar surface area (TPSA) is 197 Å². The number of amides is 1. The van der Waals surface area contributed by atoms with Gasteiger partial charge in [-0.2, -0.15) is 4.98 Å². The molecule has 1 aliphatic carbocycles. The van der Waals surface area contributed by atoms with Gasteiger partial charge in [0.25, 0.3) is 21.6 Å². The van der Waals surface area contributed by atoms with E-state index in [1.54, 1.807) is 12.3 Å². The quantitative estimate of drug-likeness (QED) is 0.0963. The van der Waals surface area contributed by atoms with Crippen LogP contribution in [0.5, 0.6) is 11.6 Å². The summed E-state index contributed by atoms with van der Waals surface area (Å²) in [5, 5.41) is 16.6. The molecular formula is C51H57N9O9S. The average Bonchev–Trinajstić information content (AvgIpc) is 4.19. The fraction of sp³-hybridized carbons (Fsp3) is 0.490. The number of H-pyrrole nitrogens is 1. The minimum atomic E-state index is -4.69. The molecule has 0 unspecified atom stereocenters. The fourth-order valence-electron chi connectivity index (χ4n) is 13.0. The predicted octanol–water partition coefficient (Wildman–Crippen LogP) is 6.46. The number of nitro benzene ring substituents is 1. The van der Waals surface area contributed by atoms with Crippen LogP contribution in [0.2, 0.25) is 0 Å². The van der Waals surface area contributed by atoms with E-state index in [9.17, 15) is 23.3 Å². The van der Waals surface area contributed by atoms with Gasteiger partial charge in [0.1, 0.15) is 24.0 Å². The average molecular weight is 972 g/mol. The number of anilines is 4. The zero-order valence-corrected chi connectivity index (χ0v) is 40.0. The van der Waals surface area contributed by atoms with E-state index in [4.69, 9.17) is 23.9 Å². The number of hydrogen-bond acceptors (Lipinski definition) is 15. The van der Waals surface area contributed by atoms with Crippen molar-refractivity contribution in [2.75, 3.05) is 74.3 Å². The Hall–Kier alpha value is -5.99. The highest BCUT2D eigenvalue weighted by Crippen LogP contribution is 2.55. The van der Waals surface area contributed by atoms with Gasteiger partial charge in [0.05, 0.1) is 59.1 Å². The van der Waals surface area contributed by atoms with Gasteiger partial charge in [-0.25, -0.2) is 13.1 Å². The molecular weight excluding hydrogens is 915 g/mol. The van der Waals surface area contributed by atoms with Crippen molar-refractivity contribution in [2.24, 2.45) is 5.41 Å². The number of nitrogens with zero attached hydrogens (tertiary/aromatic N) is 6. The van der Waals surface area contributed by atoms with Crippen molar-refractivity contribution in [1.29, 1.82) is 0 Å². The number of aromatic amines is 1. The van der Waals surface area contributed by atoms with Gasteiger partial charge >= 0.3 is 0 Å². The first kappa shape index (κ1) is 44.0. The molecule has 1 spiro atoms. The van der Waals surface area contributed by atoms with E-state index in [1.807, 2.05) is 29.2 Å². The molecule has 18 nitrogen and oxygen atoms in total. The Morgan fingerprint density at radius 3 is 2.67 bits per heavy atom. The number of fused-ring (bicyclic) bond motifs is 6. The predicted molar refractivity (Wildman–Crippen MR) is 261 cm³/mol. The van der Waals surface area contributed by atoms with Crippen LogP contribution in [-0.2, 0) is 19.5 Å². The number of sulfonamides is 1. The molecule has 2 bridgehead atoms. The smallest absolute Gasteiger partial charge is 0.297 e. The van der Waals surface area contributed by atoms with E-state index in [2.05, 4.69) is 67.8 Å². The number of hydrogen-bond donors (Lipinski definition) is 3. The van der Waals surface area contributed by atoms with Crippen LogP contribution in [0.25, 0.3) is 11.0 Å². The Morgan fingerprint density at radius 1 is 1.01 bits per heavy atom. The van der Waals surface area contributed by atoms with E-state index in [-0.39, 0.29) is 47.2 Å². The molecule has 70 heavy (non-hydrogen) atoms. The molecule has 5 aromatic rings. The van der Waals surface area contributed by atoms with Crippen LogP contribution in [0.4, 0.5) is 28.4 Å². The molecule has 3 aromatic carbocycles. The number of carbonyl (C=O) groups excluding carboxylic acids is 1. The van der Waals surface area contributed by atoms with Crippen LogP contribution >= 0.6 is 0 Å². The zero-order chi connectivity index (χ0) is 47.6. The Labute approximate surface area is 405 Å². The summed E-state index contributed by atoms with van der Waals surface area (Å²) >= 11 is 0. The van der Waals surface area contributed by atoms with Crippen LogP contribution < -0.4 is 29.3 Å². The lowest BCUT2D eigenvalue weighted by atomic mass is 9.60. The van der Waals surface area contributed by atoms with E-state index >= 15 is 0 Å². The summed E-state index contributed by atoms with van der Waals surface area (Å²) in [6, 6.07) is 21.2. The third kappa shape index (κ3) is 7.37. The van der Waals surface area contributed by atoms with Gasteiger partial charge in [0.2, 0.25) is 5.88 Å². The van der Waals surface area contributed by atoms with Crippen molar-refractivity contribution in [3.8, 4) is 11.6 Å². The summed E-state index contributed by atoms with van der Waals surface area (Å²) in [6.45, 7) is 10.2. The summed E-state index contributed by atoms with van der Waals surface area (Å²) in [6.07, 6.45) is 7.18. The molecule has 366 valence electrons. The Morgan fingerprint density at radius 2 is 1.87 bits per heavy atom. The molecule has 8 aliphatic rings. The second kappa shape index (κ2) is 16.5. The summed E-state index contributed by atoms with van der Waals surface area (Å²) < 4.78 is 55.1. The zero-order valence-electron chi connectivity index (χ0n) is 39.2. The first-order valence-corrected chi connectivity index (χ1v) is 26.3. The lowest BCUT2D eigenvalue weighted by Crippen LogP contribution is -2.66. The van der Waals surface area contributed by atoms with Crippen molar-refractivity contribution in [3.05, 3.63) is 99.7 Å². The molecule has 5 saturated heterocycles. The molecule has 13 rings (SSSR count). The first-order valence-electron chi connectivity index (χ1n) is 24.8. The lowest BCUT2D eigenvalue weighted by Gasteiger charge is -2.62. The van der Waals surface area contributed by atoms with Gasteiger partial charge < -0.3 is 39.0 Å². The number of benzene rings is 3.